The van der Waals surface area contributed by atoms with Crippen LogP contribution in [-0.4, -0.2) is 44.1 Å². The summed E-state index contributed by atoms with van der Waals surface area (Å²) in [6.07, 6.45) is 0.510. The van der Waals surface area contributed by atoms with Gasteiger partial charge in [-0.15, -0.1) is 10.2 Å². The van der Waals surface area contributed by atoms with Crippen molar-refractivity contribution in [3.05, 3.63) is 52.1 Å². The van der Waals surface area contributed by atoms with Crippen LogP contribution in [-0.2, 0) is 0 Å². The Kier molecular flexibility index (Phi) is 4.97. The van der Waals surface area contributed by atoms with Gasteiger partial charge in [0.2, 0.25) is 0 Å². The molecule has 2 aromatic heterocycles. The van der Waals surface area contributed by atoms with E-state index in [-0.39, 0.29) is 30.2 Å². The Labute approximate surface area is 158 Å². The summed E-state index contributed by atoms with van der Waals surface area (Å²) >= 11 is 1.30. The molecule has 140 valence electrons. The minimum atomic E-state index is -0.988. The number of aliphatic hydroxyl groups is 2. The van der Waals surface area contributed by atoms with Gasteiger partial charge < -0.3 is 20.1 Å². The van der Waals surface area contributed by atoms with Crippen molar-refractivity contribution < 1.29 is 19.5 Å². The first-order valence-electron chi connectivity index (χ1n) is 8.59. The van der Waals surface area contributed by atoms with Crippen molar-refractivity contribution in [2.75, 3.05) is 6.61 Å². The van der Waals surface area contributed by atoms with Crippen LogP contribution in [0.2, 0.25) is 0 Å². The molecule has 4 rings (SSSR count). The van der Waals surface area contributed by atoms with Crippen molar-refractivity contribution in [2.24, 2.45) is 0 Å². The smallest absolute Gasteiger partial charge is 0.273 e. The number of amides is 1. The third-order valence-corrected chi connectivity index (χ3v) is 5.72. The summed E-state index contributed by atoms with van der Waals surface area (Å²) in [5.74, 6) is 0.485. The van der Waals surface area contributed by atoms with Gasteiger partial charge in [0, 0.05) is 23.6 Å². The van der Waals surface area contributed by atoms with Crippen LogP contribution in [0.15, 0.2) is 40.9 Å². The molecule has 1 aliphatic rings. The molecule has 1 aromatic carbocycles. The van der Waals surface area contributed by atoms with E-state index < -0.39 is 6.10 Å². The molecule has 2 heterocycles. The summed E-state index contributed by atoms with van der Waals surface area (Å²) in [5.41, 5.74) is 1.12. The van der Waals surface area contributed by atoms with Gasteiger partial charge in [-0.1, -0.05) is 46.8 Å². The SMILES string of the molecule is O=C(NC1CC(c2nnc(C(O)CO)s2)C1)c1cc(-c2ccccc2)on1. The summed E-state index contributed by atoms with van der Waals surface area (Å²) in [7, 11) is 0. The topological polar surface area (TPSA) is 121 Å². The number of aromatic nitrogens is 3. The van der Waals surface area contributed by atoms with Crippen molar-refractivity contribution in [1.82, 2.24) is 20.7 Å². The van der Waals surface area contributed by atoms with Gasteiger partial charge in [-0.05, 0) is 12.8 Å². The number of carbonyl (C=O) groups is 1. The molecule has 27 heavy (non-hydrogen) atoms. The van der Waals surface area contributed by atoms with Crippen LogP contribution in [0.25, 0.3) is 11.3 Å². The average Bonchev–Trinajstić information content (AvgIpc) is 3.34. The molecule has 1 amide bonds. The van der Waals surface area contributed by atoms with E-state index in [0.717, 1.165) is 23.4 Å². The molecule has 3 aromatic rings. The molecule has 0 aliphatic heterocycles. The Hall–Kier alpha value is -2.62. The van der Waals surface area contributed by atoms with Crippen molar-refractivity contribution in [2.45, 2.75) is 30.9 Å². The van der Waals surface area contributed by atoms with Crippen molar-refractivity contribution in [3.63, 3.8) is 0 Å². The molecule has 1 fully saturated rings. The molecule has 1 atom stereocenters. The molecule has 0 spiro atoms. The Morgan fingerprint density at radius 2 is 2.07 bits per heavy atom. The predicted octanol–water partition coefficient (Wildman–Crippen LogP) is 1.89. The van der Waals surface area contributed by atoms with Crippen molar-refractivity contribution in [1.29, 1.82) is 0 Å². The fourth-order valence-corrected chi connectivity index (χ4v) is 3.89. The first kappa shape index (κ1) is 17.8. The molecule has 0 saturated heterocycles. The van der Waals surface area contributed by atoms with Gasteiger partial charge in [-0.2, -0.15) is 0 Å². The second-order valence-electron chi connectivity index (χ2n) is 6.46. The highest BCUT2D eigenvalue weighted by Gasteiger charge is 2.35. The van der Waals surface area contributed by atoms with E-state index in [1.54, 1.807) is 6.07 Å². The molecule has 1 aliphatic carbocycles. The van der Waals surface area contributed by atoms with Gasteiger partial charge in [0.05, 0.1) is 6.61 Å². The molecule has 1 saturated carbocycles. The first-order chi connectivity index (χ1) is 13.1. The summed E-state index contributed by atoms with van der Waals surface area (Å²) in [6.45, 7) is -0.374. The fourth-order valence-electron chi connectivity index (χ4n) is 2.94. The molecule has 8 nitrogen and oxygen atoms in total. The zero-order chi connectivity index (χ0) is 18.8. The summed E-state index contributed by atoms with van der Waals surface area (Å²) in [5, 5.41) is 34.5. The van der Waals surface area contributed by atoms with Crippen LogP contribution in [0.4, 0.5) is 0 Å². The highest BCUT2D eigenvalue weighted by Crippen LogP contribution is 2.39. The van der Waals surface area contributed by atoms with E-state index in [1.807, 2.05) is 30.3 Å². The maximum Gasteiger partial charge on any atom is 0.273 e. The monoisotopic (exact) mass is 386 g/mol. The van der Waals surface area contributed by atoms with E-state index >= 15 is 0 Å². The van der Waals surface area contributed by atoms with E-state index in [0.29, 0.717) is 10.8 Å². The van der Waals surface area contributed by atoms with Gasteiger partial charge in [0.15, 0.2) is 11.5 Å². The third kappa shape index (κ3) is 3.75. The van der Waals surface area contributed by atoms with Gasteiger partial charge in [0.25, 0.3) is 5.91 Å². The number of benzene rings is 1. The lowest BCUT2D eigenvalue weighted by Crippen LogP contribution is -2.43. The average molecular weight is 386 g/mol. The molecule has 0 bridgehead atoms. The van der Waals surface area contributed by atoms with E-state index in [9.17, 15) is 9.90 Å². The Bertz CT molecular complexity index is 920. The van der Waals surface area contributed by atoms with Gasteiger partial charge in [0.1, 0.15) is 16.1 Å². The highest BCUT2D eigenvalue weighted by molar-refractivity contribution is 7.11. The van der Waals surface area contributed by atoms with Crippen molar-refractivity contribution in [3.8, 4) is 11.3 Å². The quantitative estimate of drug-likeness (QED) is 0.591. The zero-order valence-corrected chi connectivity index (χ0v) is 15.1. The van der Waals surface area contributed by atoms with Crippen LogP contribution in [0, 0.1) is 0 Å². The van der Waals surface area contributed by atoms with E-state index in [1.165, 1.54) is 11.3 Å². The van der Waals surface area contributed by atoms with E-state index in [4.69, 9.17) is 9.63 Å². The molecule has 1 unspecified atom stereocenters. The number of nitrogens with zero attached hydrogens (tertiary/aromatic N) is 3. The third-order valence-electron chi connectivity index (χ3n) is 4.54. The number of nitrogens with one attached hydrogen (secondary N) is 1. The van der Waals surface area contributed by atoms with Gasteiger partial charge in [-0.25, -0.2) is 0 Å². The number of carbonyl (C=O) groups excluding carboxylic acids is 1. The normalized spacial score (nSPS) is 20.1. The van der Waals surface area contributed by atoms with E-state index in [2.05, 4.69) is 20.7 Å². The first-order valence-corrected chi connectivity index (χ1v) is 9.41. The summed E-state index contributed by atoms with van der Waals surface area (Å²) in [4.78, 5) is 12.3. The number of aliphatic hydroxyl groups excluding tert-OH is 2. The van der Waals surface area contributed by atoms with Crippen LogP contribution in [0.1, 0.15) is 45.4 Å². The molecule has 0 radical (unpaired) electrons. The second-order valence-corrected chi connectivity index (χ2v) is 7.50. The van der Waals surface area contributed by atoms with Crippen LogP contribution < -0.4 is 5.32 Å². The Balaban J connectivity index is 1.32. The molecule has 3 N–H and O–H groups in total. The minimum absolute atomic E-state index is 0.0366. The zero-order valence-electron chi connectivity index (χ0n) is 14.3. The minimum Gasteiger partial charge on any atom is -0.393 e. The lowest BCUT2D eigenvalue weighted by atomic mass is 9.80. The van der Waals surface area contributed by atoms with Gasteiger partial charge >= 0.3 is 0 Å². The Morgan fingerprint density at radius 1 is 1.30 bits per heavy atom. The predicted molar refractivity (Wildman–Crippen MR) is 97.1 cm³/mol. The number of hydrogen-bond donors (Lipinski definition) is 3. The number of hydrogen-bond acceptors (Lipinski definition) is 8. The van der Waals surface area contributed by atoms with Crippen LogP contribution in [0.5, 0.6) is 0 Å². The second kappa shape index (κ2) is 7.55. The summed E-state index contributed by atoms with van der Waals surface area (Å²) < 4.78 is 5.26. The maximum atomic E-state index is 12.3. The largest absolute Gasteiger partial charge is 0.393 e. The van der Waals surface area contributed by atoms with Crippen molar-refractivity contribution >= 4 is 17.2 Å². The summed E-state index contributed by atoms with van der Waals surface area (Å²) in [6, 6.07) is 11.1. The fraction of sp³-hybridized carbons (Fsp3) is 0.333. The Morgan fingerprint density at radius 3 is 2.81 bits per heavy atom. The number of rotatable bonds is 6. The molecular formula is C18H18N4O4S. The molecular weight excluding hydrogens is 368 g/mol. The lowest BCUT2D eigenvalue weighted by Gasteiger charge is -2.33. The standard InChI is InChI=1S/C18H18N4O4S/c23-9-14(24)18-21-20-17(27-18)11-6-12(7-11)19-16(25)13-8-15(26-22-13)10-4-2-1-3-5-10/h1-5,8,11-12,14,23-24H,6-7,9H2,(H,19,25). The highest BCUT2D eigenvalue weighted by atomic mass is 32.1. The lowest BCUT2D eigenvalue weighted by molar-refractivity contribution is 0.0899. The van der Waals surface area contributed by atoms with Crippen LogP contribution in [0.3, 0.4) is 0 Å². The van der Waals surface area contributed by atoms with Gasteiger partial charge in [-0.3, -0.25) is 4.79 Å². The van der Waals surface area contributed by atoms with Crippen LogP contribution >= 0.6 is 11.3 Å². The maximum absolute atomic E-state index is 12.3. The molecule has 9 heteroatoms.